The van der Waals surface area contributed by atoms with Crippen molar-refractivity contribution in [1.82, 2.24) is 9.88 Å². The van der Waals surface area contributed by atoms with Gasteiger partial charge in [-0.15, -0.1) is 0 Å². The number of nitrogens with one attached hydrogen (secondary N) is 1. The molecule has 0 saturated carbocycles. The summed E-state index contributed by atoms with van der Waals surface area (Å²) < 4.78 is 7.30. The summed E-state index contributed by atoms with van der Waals surface area (Å²) >= 11 is 0. The van der Waals surface area contributed by atoms with Gasteiger partial charge in [0.2, 0.25) is 0 Å². The van der Waals surface area contributed by atoms with Gasteiger partial charge >= 0.3 is 5.97 Å². The molecule has 196 valence electrons. The van der Waals surface area contributed by atoms with Crippen molar-refractivity contribution in [2.24, 2.45) is 0 Å². The topological polar surface area (TPSA) is 60.3 Å². The summed E-state index contributed by atoms with van der Waals surface area (Å²) in [5, 5.41) is 4.20. The zero-order valence-corrected chi connectivity index (χ0v) is 22.3. The zero-order valence-electron chi connectivity index (χ0n) is 22.3. The Labute approximate surface area is 229 Å². The summed E-state index contributed by atoms with van der Waals surface area (Å²) in [4.78, 5) is 25.1. The number of ether oxygens (including phenoxy) is 1. The normalized spacial score (nSPS) is 11.7. The van der Waals surface area contributed by atoms with Crippen molar-refractivity contribution >= 4 is 22.8 Å². The van der Waals surface area contributed by atoms with Gasteiger partial charge in [0.1, 0.15) is 0 Å². The molecular formula is C34H32N2O3. The van der Waals surface area contributed by atoms with Crippen LogP contribution >= 0.6 is 0 Å². The minimum absolute atomic E-state index is 0.0261. The molecule has 0 radical (unpaired) electrons. The standard InChI is InChI=1S/C34H32N2O3/c1-3-31(25-10-6-5-7-11-25)35-33(37)28-18-19-32-27(22-28)20-21-36(32)23-29-12-8-9-13-30(29)24-14-16-26(17-15-24)34(38)39-4-2/h5-22,31H,3-4,23H2,1-2H3,(H,35,37). The van der Waals surface area contributed by atoms with Gasteiger partial charge in [-0.2, -0.15) is 0 Å². The Morgan fingerprint density at radius 3 is 2.28 bits per heavy atom. The minimum Gasteiger partial charge on any atom is -0.462 e. The molecule has 1 heterocycles. The lowest BCUT2D eigenvalue weighted by Gasteiger charge is -2.17. The van der Waals surface area contributed by atoms with Crippen LogP contribution in [0.15, 0.2) is 109 Å². The number of carbonyl (C=O) groups is 2. The molecule has 5 rings (SSSR count). The van der Waals surface area contributed by atoms with E-state index in [2.05, 4.69) is 41.2 Å². The summed E-state index contributed by atoms with van der Waals surface area (Å²) in [6.07, 6.45) is 2.88. The van der Waals surface area contributed by atoms with Crippen LogP contribution in [0.25, 0.3) is 22.0 Å². The lowest BCUT2D eigenvalue weighted by Crippen LogP contribution is -2.28. The molecule has 39 heavy (non-hydrogen) atoms. The fourth-order valence-electron chi connectivity index (χ4n) is 4.95. The molecule has 0 aliphatic heterocycles. The lowest BCUT2D eigenvalue weighted by molar-refractivity contribution is 0.0526. The van der Waals surface area contributed by atoms with E-state index in [1.807, 2.05) is 84.9 Å². The monoisotopic (exact) mass is 516 g/mol. The van der Waals surface area contributed by atoms with E-state index < -0.39 is 0 Å². The summed E-state index contributed by atoms with van der Waals surface area (Å²) in [6.45, 7) is 4.91. The summed E-state index contributed by atoms with van der Waals surface area (Å²) in [5.74, 6) is -0.383. The number of esters is 1. The van der Waals surface area contributed by atoms with Crippen LogP contribution in [0.5, 0.6) is 0 Å². The number of aromatic nitrogens is 1. The number of nitrogens with zero attached hydrogens (tertiary/aromatic N) is 1. The van der Waals surface area contributed by atoms with Crippen LogP contribution in [0, 0.1) is 0 Å². The Kier molecular flexibility index (Phi) is 7.88. The number of amides is 1. The largest absolute Gasteiger partial charge is 0.462 e. The molecule has 0 saturated heterocycles. The number of carbonyl (C=O) groups excluding carboxylic acids is 2. The Balaban J connectivity index is 1.35. The molecule has 1 atom stereocenters. The molecule has 1 unspecified atom stereocenters. The third-order valence-electron chi connectivity index (χ3n) is 7.01. The summed E-state index contributed by atoms with van der Waals surface area (Å²) in [5.41, 5.74) is 6.67. The van der Waals surface area contributed by atoms with E-state index in [1.165, 1.54) is 0 Å². The minimum atomic E-state index is -0.311. The average Bonchev–Trinajstić information content (AvgIpc) is 3.38. The van der Waals surface area contributed by atoms with E-state index in [9.17, 15) is 9.59 Å². The first kappa shape index (κ1) is 26.0. The van der Waals surface area contributed by atoms with E-state index in [4.69, 9.17) is 4.74 Å². The fourth-order valence-corrected chi connectivity index (χ4v) is 4.95. The van der Waals surface area contributed by atoms with Gasteiger partial charge in [-0.05, 0) is 72.0 Å². The van der Waals surface area contributed by atoms with Gasteiger partial charge in [0, 0.05) is 29.2 Å². The number of fused-ring (bicyclic) bond motifs is 1. The lowest BCUT2D eigenvalue weighted by atomic mass is 9.98. The molecule has 1 amide bonds. The third-order valence-corrected chi connectivity index (χ3v) is 7.01. The number of rotatable bonds is 9. The zero-order chi connectivity index (χ0) is 27.2. The van der Waals surface area contributed by atoms with Crippen LogP contribution in [0.3, 0.4) is 0 Å². The smallest absolute Gasteiger partial charge is 0.338 e. The van der Waals surface area contributed by atoms with Crippen molar-refractivity contribution in [2.75, 3.05) is 6.61 Å². The maximum Gasteiger partial charge on any atom is 0.338 e. The fraction of sp³-hybridized carbons (Fsp3) is 0.176. The molecule has 0 aliphatic rings. The number of hydrogen-bond acceptors (Lipinski definition) is 3. The molecule has 0 aliphatic carbocycles. The molecule has 0 fully saturated rings. The van der Waals surface area contributed by atoms with Crippen molar-refractivity contribution in [2.45, 2.75) is 32.9 Å². The van der Waals surface area contributed by atoms with Gasteiger partial charge in [-0.3, -0.25) is 4.79 Å². The van der Waals surface area contributed by atoms with E-state index in [0.29, 0.717) is 24.3 Å². The Morgan fingerprint density at radius 2 is 1.54 bits per heavy atom. The van der Waals surface area contributed by atoms with Crippen LogP contribution in [0.4, 0.5) is 0 Å². The molecule has 4 aromatic carbocycles. The van der Waals surface area contributed by atoms with Gasteiger partial charge in [0.15, 0.2) is 0 Å². The van der Waals surface area contributed by atoms with Crippen molar-refractivity contribution in [1.29, 1.82) is 0 Å². The maximum absolute atomic E-state index is 13.1. The molecule has 5 heteroatoms. The third kappa shape index (κ3) is 5.78. The molecule has 5 aromatic rings. The second-order valence-corrected chi connectivity index (χ2v) is 9.52. The van der Waals surface area contributed by atoms with Gasteiger partial charge in [-0.25, -0.2) is 4.79 Å². The predicted molar refractivity (Wildman–Crippen MR) is 156 cm³/mol. The van der Waals surface area contributed by atoms with E-state index in [0.717, 1.165) is 39.6 Å². The highest BCUT2D eigenvalue weighted by Gasteiger charge is 2.15. The highest BCUT2D eigenvalue weighted by atomic mass is 16.5. The molecule has 5 nitrogen and oxygen atoms in total. The highest BCUT2D eigenvalue weighted by molar-refractivity contribution is 5.98. The van der Waals surface area contributed by atoms with Crippen molar-refractivity contribution < 1.29 is 14.3 Å². The predicted octanol–water partition coefficient (Wildman–Crippen LogP) is 7.41. The first-order chi connectivity index (χ1) is 19.1. The Morgan fingerprint density at radius 1 is 0.821 bits per heavy atom. The van der Waals surface area contributed by atoms with Gasteiger partial charge in [0.25, 0.3) is 5.91 Å². The maximum atomic E-state index is 13.1. The Hall–Kier alpha value is -4.64. The molecular weight excluding hydrogens is 484 g/mol. The molecule has 0 bridgehead atoms. The second-order valence-electron chi connectivity index (χ2n) is 9.52. The first-order valence-corrected chi connectivity index (χ1v) is 13.4. The summed E-state index contributed by atoms with van der Waals surface area (Å²) in [7, 11) is 0. The van der Waals surface area contributed by atoms with E-state index in [1.54, 1.807) is 6.92 Å². The SMILES string of the molecule is CCOC(=O)c1ccc(-c2ccccc2Cn2ccc3cc(C(=O)NC(CC)c4ccccc4)ccc32)cc1. The van der Waals surface area contributed by atoms with Crippen LogP contribution < -0.4 is 5.32 Å². The van der Waals surface area contributed by atoms with Gasteiger partial charge < -0.3 is 14.6 Å². The van der Waals surface area contributed by atoms with Crippen molar-refractivity contribution in [3.63, 3.8) is 0 Å². The van der Waals surface area contributed by atoms with Crippen molar-refractivity contribution in [3.05, 3.63) is 132 Å². The quantitative estimate of drug-likeness (QED) is 0.208. The number of benzene rings is 4. The highest BCUT2D eigenvalue weighted by Crippen LogP contribution is 2.27. The van der Waals surface area contributed by atoms with Gasteiger partial charge in [-0.1, -0.05) is 73.7 Å². The van der Waals surface area contributed by atoms with Crippen LogP contribution in [-0.4, -0.2) is 23.1 Å². The first-order valence-electron chi connectivity index (χ1n) is 13.4. The molecule has 0 spiro atoms. The molecule has 1 N–H and O–H groups in total. The summed E-state index contributed by atoms with van der Waals surface area (Å²) in [6, 6.07) is 33.8. The number of hydrogen-bond donors (Lipinski definition) is 1. The average molecular weight is 517 g/mol. The van der Waals surface area contributed by atoms with E-state index in [-0.39, 0.29) is 17.9 Å². The second kappa shape index (κ2) is 11.8. The van der Waals surface area contributed by atoms with Crippen LogP contribution in [-0.2, 0) is 11.3 Å². The Bertz CT molecular complexity index is 1590. The van der Waals surface area contributed by atoms with E-state index >= 15 is 0 Å². The van der Waals surface area contributed by atoms with Crippen LogP contribution in [0.1, 0.15) is 58.2 Å². The molecule has 1 aromatic heterocycles. The van der Waals surface area contributed by atoms with Crippen molar-refractivity contribution in [3.8, 4) is 11.1 Å². The van der Waals surface area contributed by atoms with Gasteiger partial charge in [0.05, 0.1) is 18.2 Å². The van der Waals surface area contributed by atoms with Crippen LogP contribution in [0.2, 0.25) is 0 Å².